The van der Waals surface area contributed by atoms with Crippen molar-refractivity contribution in [3.63, 3.8) is 0 Å². The molecule has 4 rings (SSSR count). The van der Waals surface area contributed by atoms with Crippen LogP contribution in [0.25, 0.3) is 0 Å². The van der Waals surface area contributed by atoms with Crippen molar-refractivity contribution in [2.45, 2.75) is 60.8 Å². The van der Waals surface area contributed by atoms with Crippen LogP contribution in [0.15, 0.2) is 92.4 Å². The van der Waals surface area contributed by atoms with Gasteiger partial charge in [-0.15, -0.1) is 3.63 Å². The second-order valence-electron chi connectivity index (χ2n) is 11.2. The van der Waals surface area contributed by atoms with E-state index in [1.165, 1.54) is 57.2 Å². The predicted molar refractivity (Wildman–Crippen MR) is 175 cm³/mol. The lowest BCUT2D eigenvalue weighted by molar-refractivity contribution is 0.0746. The molecule has 0 aliphatic carbocycles. The normalized spacial score (nSPS) is 12.4. The van der Waals surface area contributed by atoms with E-state index in [0.717, 1.165) is 30.3 Å². The van der Waals surface area contributed by atoms with E-state index in [-0.39, 0.29) is 21.6 Å². The van der Waals surface area contributed by atoms with E-state index >= 15 is 0 Å². The molecule has 49 heavy (non-hydrogen) atoms. The zero-order valence-corrected chi connectivity index (χ0v) is 29.9. The van der Waals surface area contributed by atoms with Crippen molar-refractivity contribution in [2.24, 2.45) is 0 Å². The number of carbonyl (C=O) groups excluding carboxylic acids is 2. The van der Waals surface area contributed by atoms with E-state index in [2.05, 4.69) is 3.63 Å². The monoisotopic (exact) mass is 750 g/mol. The summed E-state index contributed by atoms with van der Waals surface area (Å²) >= 11 is 0. The van der Waals surface area contributed by atoms with Crippen molar-refractivity contribution in [1.29, 1.82) is 0 Å². The molecule has 0 radical (unpaired) electrons. The van der Waals surface area contributed by atoms with E-state index in [1.807, 2.05) is 0 Å². The summed E-state index contributed by atoms with van der Waals surface area (Å²) < 4.78 is 118. The molecular weight excluding hydrogens is 721 g/mol. The van der Waals surface area contributed by atoms with Gasteiger partial charge in [0.25, 0.3) is 10.1 Å². The molecular formula is C32H30O13S4. The van der Waals surface area contributed by atoms with Crippen LogP contribution in [0.5, 0.6) is 0 Å². The van der Waals surface area contributed by atoms with Gasteiger partial charge in [-0.05, 0) is 129 Å². The number of carbonyl (C=O) groups is 2. The van der Waals surface area contributed by atoms with Crippen LogP contribution in [0.2, 0.25) is 0 Å². The number of hydrogen-bond acceptors (Lipinski definition) is 13. The van der Waals surface area contributed by atoms with Crippen LogP contribution in [-0.2, 0) is 59.1 Å². The predicted octanol–water partition coefficient (Wildman–Crippen LogP) is 4.59. The molecule has 0 N–H and O–H groups in total. The topological polar surface area (TPSA) is 198 Å². The second kappa shape index (κ2) is 13.9. The maximum atomic E-state index is 13.2. The quantitative estimate of drug-likeness (QED) is 0.144. The molecule has 0 saturated carbocycles. The smallest absolute Gasteiger partial charge is 0.338 e. The number of benzene rings is 4. The summed E-state index contributed by atoms with van der Waals surface area (Å²) in [5.74, 6) is -1.40. The SMILES string of the molecule is Cc1cc(C(=O)OS(=O)(=O)c2cc(C)cc(C=O)c2)cc(S(=O)(=O)OCc2cc(C)cc(S(=O)(=O)OS(=O)(=O)c3cc(C)cc(C)c3)c2)c1. The van der Waals surface area contributed by atoms with Crippen LogP contribution in [0, 0.1) is 34.6 Å². The third-order valence-corrected chi connectivity index (χ3v) is 12.2. The summed E-state index contributed by atoms with van der Waals surface area (Å²) in [5.41, 5.74) is 1.67. The Hall–Kier alpha value is -4.26. The Labute approximate surface area is 285 Å². The zero-order valence-electron chi connectivity index (χ0n) is 26.7. The molecule has 0 aromatic heterocycles. The third kappa shape index (κ3) is 9.26. The van der Waals surface area contributed by atoms with Gasteiger partial charge in [0.1, 0.15) is 11.2 Å². The summed E-state index contributed by atoms with van der Waals surface area (Å²) in [6, 6.07) is 14.5. The van der Waals surface area contributed by atoms with E-state index in [9.17, 15) is 43.3 Å². The summed E-state index contributed by atoms with van der Waals surface area (Å²) in [7, 11) is -19.0. The fourth-order valence-corrected chi connectivity index (χ4v) is 9.62. The van der Waals surface area contributed by atoms with Gasteiger partial charge in [-0.25, -0.2) is 4.79 Å². The van der Waals surface area contributed by atoms with Gasteiger partial charge in [0.15, 0.2) is 0 Å². The molecule has 0 unspecified atom stereocenters. The fraction of sp³-hybridized carbons (Fsp3) is 0.188. The Balaban J connectivity index is 1.55. The summed E-state index contributed by atoms with van der Waals surface area (Å²) in [6.07, 6.45) is 0.424. The first kappa shape index (κ1) is 37.6. The molecule has 0 fully saturated rings. The van der Waals surface area contributed by atoms with Crippen molar-refractivity contribution in [2.75, 3.05) is 0 Å². The highest BCUT2D eigenvalue weighted by Gasteiger charge is 2.29. The van der Waals surface area contributed by atoms with E-state index in [4.69, 9.17) is 8.37 Å². The minimum absolute atomic E-state index is 0.0146. The minimum atomic E-state index is -4.92. The van der Waals surface area contributed by atoms with Crippen LogP contribution < -0.4 is 0 Å². The molecule has 13 nitrogen and oxygen atoms in total. The molecule has 4 aromatic rings. The number of aldehydes is 1. The molecule has 0 bridgehead atoms. The molecule has 260 valence electrons. The van der Waals surface area contributed by atoms with Crippen molar-refractivity contribution in [3.8, 4) is 0 Å². The molecule has 0 aliphatic heterocycles. The lowest BCUT2D eigenvalue weighted by Crippen LogP contribution is -2.16. The highest BCUT2D eigenvalue weighted by molar-refractivity contribution is 8.00. The Morgan fingerprint density at radius 2 is 0.980 bits per heavy atom. The Kier molecular flexibility index (Phi) is 10.7. The van der Waals surface area contributed by atoms with Crippen LogP contribution in [0.3, 0.4) is 0 Å². The third-order valence-electron chi connectivity index (χ3n) is 6.70. The van der Waals surface area contributed by atoms with Gasteiger partial charge in [-0.1, -0.05) is 12.1 Å². The van der Waals surface area contributed by atoms with Crippen molar-refractivity contribution in [1.82, 2.24) is 0 Å². The number of aryl methyl sites for hydroxylation is 5. The van der Waals surface area contributed by atoms with Gasteiger partial charge < -0.3 is 4.18 Å². The Morgan fingerprint density at radius 1 is 0.531 bits per heavy atom. The lowest BCUT2D eigenvalue weighted by Gasteiger charge is -2.12. The number of rotatable bonds is 12. The zero-order chi connectivity index (χ0) is 36.5. The first-order valence-electron chi connectivity index (χ1n) is 14.1. The fourth-order valence-electron chi connectivity index (χ4n) is 4.73. The summed E-state index contributed by atoms with van der Waals surface area (Å²) in [6.45, 7) is 7.00. The maximum Gasteiger partial charge on any atom is 0.354 e. The average Bonchev–Trinajstić information content (AvgIpc) is 2.98. The minimum Gasteiger partial charge on any atom is -0.338 e. The Morgan fingerprint density at radius 3 is 1.53 bits per heavy atom. The molecule has 0 aliphatic rings. The summed E-state index contributed by atoms with van der Waals surface area (Å²) in [5, 5.41) is 0. The molecule has 0 spiro atoms. The maximum absolute atomic E-state index is 13.2. The van der Waals surface area contributed by atoms with E-state index < -0.39 is 73.3 Å². The second-order valence-corrected chi connectivity index (χ2v) is 17.7. The van der Waals surface area contributed by atoms with Crippen molar-refractivity contribution in [3.05, 3.63) is 117 Å². The first-order valence-corrected chi connectivity index (χ1v) is 19.7. The molecule has 4 aromatic carbocycles. The molecule has 0 atom stereocenters. The number of hydrogen-bond donors (Lipinski definition) is 0. The van der Waals surface area contributed by atoms with E-state index in [1.54, 1.807) is 19.9 Å². The Bertz CT molecular complexity index is 2410. The standard InChI is InChI=1S/C32H30O13S4/c1-20-6-21(2)11-28(10-20)48(39,40)45-49(41,42)30-13-23(4)8-26(16-30)19-43-46(35,36)31-14-24(5)9-27(17-31)32(34)44-47(37,38)29-12-22(3)7-25(15-29)18-33/h6-18H,19H2,1-5H3. The first-order chi connectivity index (χ1) is 22.6. The van der Waals surface area contributed by atoms with Crippen molar-refractivity contribution >= 4 is 52.7 Å². The van der Waals surface area contributed by atoms with E-state index in [0.29, 0.717) is 28.5 Å². The molecule has 17 heteroatoms. The van der Waals surface area contributed by atoms with Gasteiger partial charge in [-0.2, -0.15) is 33.7 Å². The highest BCUT2D eigenvalue weighted by Crippen LogP contribution is 2.26. The van der Waals surface area contributed by atoms with Crippen LogP contribution in [0.4, 0.5) is 0 Å². The van der Waals surface area contributed by atoms with Gasteiger partial charge in [0.2, 0.25) is 0 Å². The van der Waals surface area contributed by atoms with Gasteiger partial charge >= 0.3 is 36.3 Å². The van der Waals surface area contributed by atoms with Crippen LogP contribution in [-0.4, -0.2) is 45.9 Å². The average molecular weight is 751 g/mol. The van der Waals surface area contributed by atoms with Crippen LogP contribution in [0.1, 0.15) is 54.1 Å². The highest BCUT2D eigenvalue weighted by atomic mass is 32.3. The molecule has 0 heterocycles. The molecule has 0 amide bonds. The van der Waals surface area contributed by atoms with Gasteiger partial charge in [0.05, 0.1) is 26.9 Å². The molecule has 0 saturated heterocycles. The van der Waals surface area contributed by atoms with Gasteiger partial charge in [0, 0.05) is 5.56 Å². The largest absolute Gasteiger partial charge is 0.354 e. The van der Waals surface area contributed by atoms with Crippen LogP contribution >= 0.6 is 0 Å². The lowest BCUT2D eigenvalue weighted by atomic mass is 10.1. The van der Waals surface area contributed by atoms with Crippen molar-refractivity contribution < 1.29 is 55.3 Å². The summed E-state index contributed by atoms with van der Waals surface area (Å²) in [4.78, 5) is 22.1. The van der Waals surface area contributed by atoms with Gasteiger partial charge in [-0.3, -0.25) is 8.98 Å².